The lowest BCUT2D eigenvalue weighted by Crippen LogP contribution is -2.07. The Morgan fingerprint density at radius 3 is 1.84 bits per heavy atom. The van der Waals surface area contributed by atoms with Gasteiger partial charge in [-0.15, -0.1) is 0 Å². The third kappa shape index (κ3) is 12.5. The number of hydrogen-bond donors (Lipinski definition) is 1. The maximum atomic E-state index is 7.00. The molecule has 0 aromatic heterocycles. The normalized spacial score (nSPS) is 14.7. The fraction of sp³-hybridized carbons (Fsp3) is 0.600. The van der Waals surface area contributed by atoms with Crippen molar-refractivity contribution < 1.29 is 9.84 Å². The molecule has 19 heavy (non-hydrogen) atoms. The molecule has 1 heterocycles. The van der Waals surface area contributed by atoms with E-state index >= 15 is 0 Å². The molecule has 0 aliphatic carbocycles. The van der Waals surface area contributed by atoms with E-state index in [1.807, 2.05) is 65.8 Å². The van der Waals surface area contributed by atoms with E-state index in [1.54, 1.807) is 7.11 Å². The highest BCUT2D eigenvalue weighted by Gasteiger charge is 2.23. The monoisotopic (exact) mass is 304 g/mol. The van der Waals surface area contributed by atoms with Crippen molar-refractivity contribution in [1.29, 1.82) is 0 Å². The van der Waals surface area contributed by atoms with E-state index in [-0.39, 0.29) is 0 Å². The average molecular weight is 305 g/mol. The fourth-order valence-electron chi connectivity index (χ4n) is 1.09. The Bertz CT molecular complexity index is 269. The third-order valence-electron chi connectivity index (χ3n) is 2.05. The van der Waals surface area contributed by atoms with Gasteiger partial charge in [0.15, 0.2) is 0 Å². The summed E-state index contributed by atoms with van der Waals surface area (Å²) in [6.07, 6.45) is 1.38. The summed E-state index contributed by atoms with van der Waals surface area (Å²) >= 11 is 0. The Morgan fingerprint density at radius 2 is 1.63 bits per heavy atom. The molecule has 0 atom stereocenters. The number of ether oxygens (including phenoxy) is 1. The zero-order valence-electron chi connectivity index (χ0n) is 13.0. The van der Waals surface area contributed by atoms with Crippen LogP contribution in [0.2, 0.25) is 0 Å². The molecular formula is C15H28O2S2. The van der Waals surface area contributed by atoms with E-state index in [4.69, 9.17) is 9.84 Å². The lowest BCUT2D eigenvalue weighted by molar-refractivity contribution is 0.399. The minimum absolute atomic E-state index is 0.574. The first kappa shape index (κ1) is 21.0. The van der Waals surface area contributed by atoms with Crippen molar-refractivity contribution in [1.82, 2.24) is 0 Å². The van der Waals surface area contributed by atoms with E-state index in [0.717, 1.165) is 12.9 Å². The lowest BCUT2D eigenvalue weighted by atomic mass is 10.1. The summed E-state index contributed by atoms with van der Waals surface area (Å²) in [5.41, 5.74) is 0. The Hall–Kier alpha value is -0.320. The van der Waals surface area contributed by atoms with Gasteiger partial charge in [-0.2, -0.15) is 0 Å². The second-order valence-corrected chi connectivity index (χ2v) is 7.06. The van der Waals surface area contributed by atoms with Crippen molar-refractivity contribution in [2.24, 2.45) is 0 Å². The van der Waals surface area contributed by atoms with Crippen LogP contribution in [0.25, 0.3) is 0 Å². The van der Waals surface area contributed by atoms with Crippen LogP contribution in [-0.2, 0) is 0 Å². The Labute approximate surface area is 126 Å². The topological polar surface area (TPSA) is 29.5 Å². The van der Waals surface area contributed by atoms with Crippen LogP contribution >= 0.6 is 21.6 Å². The van der Waals surface area contributed by atoms with Gasteiger partial charge < -0.3 is 9.84 Å². The van der Waals surface area contributed by atoms with E-state index in [9.17, 15) is 0 Å². The van der Waals surface area contributed by atoms with Gasteiger partial charge in [0.1, 0.15) is 5.75 Å². The standard InChI is InChI=1S/C7H8O.C5H10S2.C2H6.CH4O/c1-8-7-5-3-2-4-6-7;1-5(2)3-4-6-7-5;2*1-2/h2-6H,1H3;3-4H2,1-2H3;1-2H3;2H,1H3. The highest BCUT2D eigenvalue weighted by atomic mass is 33.1. The van der Waals surface area contributed by atoms with Crippen molar-refractivity contribution in [2.45, 2.75) is 38.9 Å². The first-order chi connectivity index (χ1) is 9.14. The number of para-hydroxylation sites is 1. The largest absolute Gasteiger partial charge is 0.497 e. The summed E-state index contributed by atoms with van der Waals surface area (Å²) in [4.78, 5) is 0. The van der Waals surface area contributed by atoms with E-state index < -0.39 is 0 Å². The molecule has 112 valence electrons. The summed E-state index contributed by atoms with van der Waals surface area (Å²) < 4.78 is 5.49. The molecular weight excluding hydrogens is 276 g/mol. The van der Waals surface area contributed by atoms with Crippen molar-refractivity contribution in [2.75, 3.05) is 20.0 Å². The van der Waals surface area contributed by atoms with Gasteiger partial charge in [-0.25, -0.2) is 0 Å². The summed E-state index contributed by atoms with van der Waals surface area (Å²) in [5, 5.41) is 7.00. The molecule has 1 fully saturated rings. The molecule has 1 aliphatic rings. The first-order valence-electron chi connectivity index (χ1n) is 6.48. The van der Waals surface area contributed by atoms with Gasteiger partial charge in [0.05, 0.1) is 7.11 Å². The van der Waals surface area contributed by atoms with Gasteiger partial charge in [0, 0.05) is 17.6 Å². The summed E-state index contributed by atoms with van der Waals surface area (Å²) in [5.74, 6) is 2.25. The van der Waals surface area contributed by atoms with Gasteiger partial charge >= 0.3 is 0 Å². The molecule has 0 unspecified atom stereocenters. The van der Waals surface area contributed by atoms with Crippen molar-refractivity contribution in [3.05, 3.63) is 30.3 Å². The van der Waals surface area contributed by atoms with Crippen molar-refractivity contribution in [3.8, 4) is 5.75 Å². The molecule has 4 heteroatoms. The maximum absolute atomic E-state index is 7.00. The smallest absolute Gasteiger partial charge is 0.118 e. The molecule has 0 bridgehead atoms. The molecule has 0 radical (unpaired) electrons. The van der Waals surface area contributed by atoms with Crippen LogP contribution in [0, 0.1) is 0 Å². The summed E-state index contributed by atoms with van der Waals surface area (Å²) in [6, 6.07) is 9.68. The summed E-state index contributed by atoms with van der Waals surface area (Å²) in [7, 11) is 6.68. The highest BCUT2D eigenvalue weighted by Crippen LogP contribution is 2.45. The molecule has 2 rings (SSSR count). The predicted octanol–water partition coefficient (Wildman–Crippen LogP) is 4.88. The Morgan fingerprint density at radius 1 is 1.11 bits per heavy atom. The molecule has 0 amide bonds. The molecule has 1 aromatic carbocycles. The van der Waals surface area contributed by atoms with E-state index in [2.05, 4.69) is 13.8 Å². The number of rotatable bonds is 1. The Balaban J connectivity index is 0. The maximum Gasteiger partial charge on any atom is 0.118 e. The average Bonchev–Trinajstić information content (AvgIpc) is 2.89. The van der Waals surface area contributed by atoms with Gasteiger partial charge in [-0.05, 0) is 32.4 Å². The number of aliphatic hydroxyl groups excluding tert-OH is 1. The number of hydrogen-bond acceptors (Lipinski definition) is 4. The van der Waals surface area contributed by atoms with Crippen LogP contribution in [-0.4, -0.2) is 29.8 Å². The second-order valence-electron chi connectivity index (χ2n) is 3.93. The minimum Gasteiger partial charge on any atom is -0.497 e. The minimum atomic E-state index is 0.574. The molecule has 0 spiro atoms. The lowest BCUT2D eigenvalue weighted by Gasteiger charge is -2.11. The van der Waals surface area contributed by atoms with Gasteiger partial charge in [-0.3, -0.25) is 0 Å². The van der Waals surface area contributed by atoms with Crippen LogP contribution in [0.15, 0.2) is 30.3 Å². The molecule has 1 aliphatic heterocycles. The van der Waals surface area contributed by atoms with Crippen molar-refractivity contribution in [3.63, 3.8) is 0 Å². The molecule has 1 saturated heterocycles. The number of aliphatic hydroxyl groups is 1. The zero-order chi connectivity index (χ0) is 15.1. The van der Waals surface area contributed by atoms with Gasteiger partial charge in [0.2, 0.25) is 0 Å². The number of benzene rings is 1. The molecule has 1 aromatic rings. The quantitative estimate of drug-likeness (QED) is 0.749. The number of methoxy groups -OCH3 is 1. The van der Waals surface area contributed by atoms with Crippen LogP contribution in [0.5, 0.6) is 5.75 Å². The van der Waals surface area contributed by atoms with Gasteiger partial charge in [-0.1, -0.05) is 53.6 Å². The third-order valence-corrected chi connectivity index (χ3v) is 5.40. The van der Waals surface area contributed by atoms with Crippen molar-refractivity contribution >= 4 is 21.6 Å². The predicted molar refractivity (Wildman–Crippen MR) is 91.2 cm³/mol. The van der Waals surface area contributed by atoms with Crippen LogP contribution < -0.4 is 4.74 Å². The fourth-order valence-corrected chi connectivity index (χ4v) is 4.10. The highest BCUT2D eigenvalue weighted by molar-refractivity contribution is 8.77. The molecule has 0 saturated carbocycles. The first-order valence-corrected chi connectivity index (χ1v) is 8.80. The van der Waals surface area contributed by atoms with E-state index in [0.29, 0.717) is 4.75 Å². The van der Waals surface area contributed by atoms with Crippen LogP contribution in [0.1, 0.15) is 34.1 Å². The SMILES string of the molecule is CC.CC1(C)CCSS1.CO.COc1ccccc1. The molecule has 2 nitrogen and oxygen atoms in total. The summed E-state index contributed by atoms with van der Waals surface area (Å²) in [6.45, 7) is 8.61. The molecule has 1 N–H and O–H groups in total. The van der Waals surface area contributed by atoms with Crippen LogP contribution in [0.4, 0.5) is 0 Å². The van der Waals surface area contributed by atoms with E-state index in [1.165, 1.54) is 12.2 Å². The van der Waals surface area contributed by atoms with Gasteiger partial charge in [0.25, 0.3) is 0 Å². The van der Waals surface area contributed by atoms with Crippen LogP contribution in [0.3, 0.4) is 0 Å². The zero-order valence-corrected chi connectivity index (χ0v) is 14.6. The Kier molecular flexibility index (Phi) is 15.6. The second kappa shape index (κ2) is 14.1.